The number of amides is 1. The SMILES string of the molecule is COc1cccc(-c2nc(-c3ccc(CCO)cc3)nn2CC(=O)NC(C)C)c1. The number of carbonyl (C=O) groups excluding carboxylic acids is 1. The van der Waals surface area contributed by atoms with Crippen molar-refractivity contribution >= 4 is 5.91 Å². The molecule has 1 amide bonds. The zero-order valence-electron chi connectivity index (χ0n) is 16.9. The Morgan fingerprint density at radius 3 is 2.59 bits per heavy atom. The van der Waals surface area contributed by atoms with E-state index >= 15 is 0 Å². The molecule has 1 heterocycles. The Hall–Kier alpha value is -3.19. The van der Waals surface area contributed by atoms with E-state index in [-0.39, 0.29) is 25.1 Å². The fourth-order valence-electron chi connectivity index (χ4n) is 3.00. The summed E-state index contributed by atoms with van der Waals surface area (Å²) >= 11 is 0. The summed E-state index contributed by atoms with van der Waals surface area (Å²) in [4.78, 5) is 17.0. The molecule has 1 aromatic heterocycles. The molecule has 2 aromatic carbocycles. The van der Waals surface area contributed by atoms with Crippen molar-refractivity contribution in [1.82, 2.24) is 20.1 Å². The smallest absolute Gasteiger partial charge is 0.242 e. The minimum absolute atomic E-state index is 0.0461. The molecule has 0 spiro atoms. The number of nitrogens with zero attached hydrogens (tertiary/aromatic N) is 3. The summed E-state index contributed by atoms with van der Waals surface area (Å²) in [6.45, 7) is 4.01. The number of ether oxygens (including phenoxy) is 1. The van der Waals surface area contributed by atoms with Crippen LogP contribution in [0.4, 0.5) is 0 Å². The van der Waals surface area contributed by atoms with Crippen LogP contribution in [0.3, 0.4) is 0 Å². The Bertz CT molecular complexity index is 964. The maximum Gasteiger partial charge on any atom is 0.242 e. The maximum atomic E-state index is 12.3. The van der Waals surface area contributed by atoms with E-state index in [2.05, 4.69) is 10.4 Å². The van der Waals surface area contributed by atoms with E-state index in [1.54, 1.807) is 11.8 Å². The second-order valence-corrected chi connectivity index (χ2v) is 7.04. The van der Waals surface area contributed by atoms with Crippen LogP contribution in [0.2, 0.25) is 0 Å². The molecule has 0 saturated heterocycles. The molecule has 7 heteroatoms. The molecule has 0 aliphatic carbocycles. The van der Waals surface area contributed by atoms with Gasteiger partial charge in [0.15, 0.2) is 11.6 Å². The number of hydrogen-bond acceptors (Lipinski definition) is 5. The maximum absolute atomic E-state index is 12.3. The quantitative estimate of drug-likeness (QED) is 0.613. The molecule has 0 radical (unpaired) electrons. The molecule has 29 heavy (non-hydrogen) atoms. The molecule has 152 valence electrons. The van der Waals surface area contributed by atoms with Crippen molar-refractivity contribution in [1.29, 1.82) is 0 Å². The molecule has 7 nitrogen and oxygen atoms in total. The number of aliphatic hydroxyl groups is 1. The summed E-state index contributed by atoms with van der Waals surface area (Å²) in [7, 11) is 1.61. The van der Waals surface area contributed by atoms with Gasteiger partial charge in [0.1, 0.15) is 12.3 Å². The Kier molecular flexibility index (Phi) is 6.61. The van der Waals surface area contributed by atoms with E-state index in [1.807, 2.05) is 62.4 Å². The third-order valence-electron chi connectivity index (χ3n) is 4.36. The zero-order valence-corrected chi connectivity index (χ0v) is 16.9. The summed E-state index contributed by atoms with van der Waals surface area (Å²) in [5, 5.41) is 16.6. The number of benzene rings is 2. The van der Waals surface area contributed by atoms with Gasteiger partial charge in [-0.25, -0.2) is 9.67 Å². The second-order valence-electron chi connectivity index (χ2n) is 7.04. The molecular formula is C22H26N4O3. The summed E-state index contributed by atoms with van der Waals surface area (Å²) in [6, 6.07) is 15.3. The molecule has 0 fully saturated rings. The first-order valence-corrected chi connectivity index (χ1v) is 9.59. The molecule has 0 saturated carbocycles. The molecule has 0 unspecified atom stereocenters. The summed E-state index contributed by atoms with van der Waals surface area (Å²) in [5.41, 5.74) is 2.70. The van der Waals surface area contributed by atoms with Crippen molar-refractivity contribution in [2.75, 3.05) is 13.7 Å². The topological polar surface area (TPSA) is 89.3 Å². The molecule has 0 bridgehead atoms. The van der Waals surface area contributed by atoms with Crippen molar-refractivity contribution in [3.63, 3.8) is 0 Å². The van der Waals surface area contributed by atoms with Crippen molar-refractivity contribution in [3.8, 4) is 28.5 Å². The minimum Gasteiger partial charge on any atom is -0.497 e. The van der Waals surface area contributed by atoms with Gasteiger partial charge in [-0.3, -0.25) is 4.79 Å². The van der Waals surface area contributed by atoms with Gasteiger partial charge >= 0.3 is 0 Å². The fourth-order valence-corrected chi connectivity index (χ4v) is 3.00. The van der Waals surface area contributed by atoms with Crippen LogP contribution in [-0.2, 0) is 17.8 Å². The largest absolute Gasteiger partial charge is 0.497 e. The van der Waals surface area contributed by atoms with E-state index in [1.165, 1.54) is 0 Å². The molecule has 0 aliphatic heterocycles. The fraction of sp³-hybridized carbons (Fsp3) is 0.318. The number of hydrogen-bond donors (Lipinski definition) is 2. The van der Waals surface area contributed by atoms with Crippen LogP contribution in [0.15, 0.2) is 48.5 Å². The average molecular weight is 394 g/mol. The van der Waals surface area contributed by atoms with Gasteiger partial charge in [0, 0.05) is 23.8 Å². The van der Waals surface area contributed by atoms with Gasteiger partial charge in [-0.15, -0.1) is 5.10 Å². The van der Waals surface area contributed by atoms with E-state index in [0.29, 0.717) is 23.8 Å². The van der Waals surface area contributed by atoms with Crippen LogP contribution in [0.5, 0.6) is 5.75 Å². The summed E-state index contributed by atoms with van der Waals surface area (Å²) < 4.78 is 6.93. The predicted molar refractivity (Wildman–Crippen MR) is 112 cm³/mol. The van der Waals surface area contributed by atoms with Crippen LogP contribution in [0.25, 0.3) is 22.8 Å². The molecule has 2 N–H and O–H groups in total. The van der Waals surface area contributed by atoms with Crippen LogP contribution < -0.4 is 10.1 Å². The average Bonchev–Trinajstić information content (AvgIpc) is 3.12. The molecular weight excluding hydrogens is 368 g/mol. The lowest BCUT2D eigenvalue weighted by Gasteiger charge is -2.10. The molecule has 0 atom stereocenters. The third-order valence-corrected chi connectivity index (χ3v) is 4.36. The first kappa shape index (κ1) is 20.5. The molecule has 0 aliphatic rings. The first-order valence-electron chi connectivity index (χ1n) is 9.59. The lowest BCUT2D eigenvalue weighted by molar-refractivity contribution is -0.122. The number of aromatic nitrogens is 3. The van der Waals surface area contributed by atoms with Gasteiger partial charge in [-0.2, -0.15) is 0 Å². The van der Waals surface area contributed by atoms with Gasteiger partial charge in [0.05, 0.1) is 7.11 Å². The van der Waals surface area contributed by atoms with Crippen LogP contribution in [-0.4, -0.2) is 45.5 Å². The number of rotatable bonds is 8. The Balaban J connectivity index is 1.99. The highest BCUT2D eigenvalue weighted by Gasteiger charge is 2.17. The van der Waals surface area contributed by atoms with Gasteiger partial charge < -0.3 is 15.2 Å². The predicted octanol–water partition coefficient (Wildman–Crippen LogP) is 2.68. The Morgan fingerprint density at radius 1 is 1.17 bits per heavy atom. The molecule has 3 rings (SSSR count). The van der Waals surface area contributed by atoms with Gasteiger partial charge in [-0.05, 0) is 38.0 Å². The van der Waals surface area contributed by atoms with Gasteiger partial charge in [-0.1, -0.05) is 36.4 Å². The van der Waals surface area contributed by atoms with Gasteiger partial charge in [0.2, 0.25) is 5.91 Å². The lowest BCUT2D eigenvalue weighted by atomic mass is 10.1. The number of aliphatic hydroxyl groups excluding tert-OH is 1. The normalized spacial score (nSPS) is 10.9. The number of nitrogens with one attached hydrogen (secondary N) is 1. The van der Waals surface area contributed by atoms with E-state index < -0.39 is 0 Å². The van der Waals surface area contributed by atoms with Crippen LogP contribution >= 0.6 is 0 Å². The summed E-state index contributed by atoms with van der Waals surface area (Å²) in [5.74, 6) is 1.71. The van der Waals surface area contributed by atoms with Crippen molar-refractivity contribution in [2.24, 2.45) is 0 Å². The Morgan fingerprint density at radius 2 is 1.93 bits per heavy atom. The van der Waals surface area contributed by atoms with Crippen LogP contribution in [0.1, 0.15) is 19.4 Å². The van der Waals surface area contributed by atoms with E-state index in [4.69, 9.17) is 14.8 Å². The highest BCUT2D eigenvalue weighted by molar-refractivity contribution is 5.77. The van der Waals surface area contributed by atoms with Crippen molar-refractivity contribution in [2.45, 2.75) is 32.9 Å². The third kappa shape index (κ3) is 5.20. The van der Waals surface area contributed by atoms with Crippen LogP contribution in [0, 0.1) is 0 Å². The van der Waals surface area contributed by atoms with Crippen molar-refractivity contribution in [3.05, 3.63) is 54.1 Å². The standard InChI is InChI=1S/C22H26N4O3/c1-15(2)23-20(28)14-26-22(18-5-4-6-19(13-18)29-3)24-21(25-26)17-9-7-16(8-10-17)11-12-27/h4-10,13,15,27H,11-12,14H2,1-3H3,(H,23,28). The van der Waals surface area contributed by atoms with E-state index in [9.17, 15) is 4.79 Å². The summed E-state index contributed by atoms with van der Waals surface area (Å²) in [6.07, 6.45) is 0.604. The molecule has 3 aromatic rings. The Labute approximate surface area is 170 Å². The lowest BCUT2D eigenvalue weighted by Crippen LogP contribution is -2.33. The monoisotopic (exact) mass is 394 g/mol. The second kappa shape index (κ2) is 9.34. The highest BCUT2D eigenvalue weighted by atomic mass is 16.5. The number of carbonyl (C=O) groups is 1. The number of methoxy groups -OCH3 is 1. The van der Waals surface area contributed by atoms with Gasteiger partial charge in [0.25, 0.3) is 0 Å². The van der Waals surface area contributed by atoms with Crippen molar-refractivity contribution < 1.29 is 14.6 Å². The minimum atomic E-state index is -0.126. The van der Waals surface area contributed by atoms with E-state index in [0.717, 1.165) is 16.7 Å². The highest BCUT2D eigenvalue weighted by Crippen LogP contribution is 2.25. The first-order chi connectivity index (χ1) is 14.0. The zero-order chi connectivity index (χ0) is 20.8.